The third-order valence-corrected chi connectivity index (χ3v) is 4.45. The van der Waals surface area contributed by atoms with E-state index in [1.165, 1.54) is 12.1 Å². The van der Waals surface area contributed by atoms with Gasteiger partial charge in [0, 0.05) is 13.1 Å². The fraction of sp³-hybridized carbons (Fsp3) is 0.400. The molecule has 0 aliphatic carbocycles. The van der Waals surface area contributed by atoms with Gasteiger partial charge in [0.05, 0.1) is 10.0 Å². The van der Waals surface area contributed by atoms with Crippen LogP contribution in [0.25, 0.3) is 0 Å². The lowest BCUT2D eigenvalue weighted by Crippen LogP contribution is -2.31. The molecule has 0 amide bonds. The van der Waals surface area contributed by atoms with E-state index in [1.54, 1.807) is 6.07 Å². The van der Waals surface area contributed by atoms with Gasteiger partial charge in [0.15, 0.2) is 0 Å². The molecule has 0 spiro atoms. The number of halogens is 2. The Labute approximate surface area is 112 Å². The van der Waals surface area contributed by atoms with E-state index >= 15 is 0 Å². The molecular formula is C10H14Cl2N2O2S. The average molecular weight is 297 g/mol. The molecule has 0 atom stereocenters. The van der Waals surface area contributed by atoms with Crippen LogP contribution in [0.3, 0.4) is 0 Å². The van der Waals surface area contributed by atoms with Gasteiger partial charge in [0.1, 0.15) is 4.90 Å². The number of sulfonamides is 1. The fourth-order valence-electron chi connectivity index (χ4n) is 1.22. The average Bonchev–Trinajstić information content (AvgIpc) is 2.15. The molecule has 96 valence electrons. The summed E-state index contributed by atoms with van der Waals surface area (Å²) < 4.78 is 26.4. The largest absolute Gasteiger partial charge is 0.308 e. The fourth-order valence-corrected chi connectivity index (χ4v) is 3.38. The van der Waals surface area contributed by atoms with Gasteiger partial charge in [0.2, 0.25) is 10.0 Å². The summed E-state index contributed by atoms with van der Waals surface area (Å²) in [5.41, 5.74) is 0. The maximum absolute atomic E-state index is 12.0. The van der Waals surface area contributed by atoms with Crippen molar-refractivity contribution in [2.24, 2.45) is 0 Å². The summed E-state index contributed by atoms with van der Waals surface area (Å²) in [6, 6.07) is 4.59. The van der Waals surface area contributed by atoms with E-state index in [9.17, 15) is 8.42 Å². The lowest BCUT2D eigenvalue weighted by atomic mass is 10.4. The first-order chi connectivity index (χ1) is 7.84. The van der Waals surface area contributed by atoms with Crippen LogP contribution in [0.15, 0.2) is 23.1 Å². The molecule has 0 bridgehead atoms. The highest BCUT2D eigenvalue weighted by molar-refractivity contribution is 7.89. The number of likely N-dealkylation sites (N-methyl/N-ethyl adjacent to an activating group) is 1. The minimum absolute atomic E-state index is 0.0675. The monoisotopic (exact) mass is 296 g/mol. The predicted molar refractivity (Wildman–Crippen MR) is 70.2 cm³/mol. The van der Waals surface area contributed by atoms with Gasteiger partial charge in [-0.3, -0.25) is 0 Å². The number of hydrogen-bond donors (Lipinski definition) is 1. The highest BCUT2D eigenvalue weighted by Crippen LogP contribution is 2.28. The molecule has 0 fully saturated rings. The Balaban J connectivity index is 2.90. The zero-order chi connectivity index (χ0) is 13.1. The molecule has 1 aromatic carbocycles. The van der Waals surface area contributed by atoms with Crippen molar-refractivity contribution in [3.63, 3.8) is 0 Å². The first kappa shape index (κ1) is 14.7. The van der Waals surface area contributed by atoms with Gasteiger partial charge < -0.3 is 4.90 Å². The standard InChI is InChI=1S/C10H14Cl2N2O2S/c1-14(2)7-6-13-17(15,16)10-8(11)4-3-5-9(10)12/h3-5,13H,6-7H2,1-2H3. The van der Waals surface area contributed by atoms with Crippen LogP contribution in [0.5, 0.6) is 0 Å². The second-order valence-electron chi connectivity index (χ2n) is 3.75. The Morgan fingerprint density at radius 2 is 1.76 bits per heavy atom. The third-order valence-electron chi connectivity index (χ3n) is 2.04. The minimum Gasteiger partial charge on any atom is -0.308 e. The maximum atomic E-state index is 12.0. The van der Waals surface area contributed by atoms with Crippen LogP contribution < -0.4 is 4.72 Å². The van der Waals surface area contributed by atoms with Crippen molar-refractivity contribution < 1.29 is 8.42 Å². The Hall–Kier alpha value is -0.330. The lowest BCUT2D eigenvalue weighted by Gasteiger charge is -2.12. The summed E-state index contributed by atoms with van der Waals surface area (Å²) in [6.07, 6.45) is 0. The van der Waals surface area contributed by atoms with Gasteiger partial charge in [-0.15, -0.1) is 0 Å². The van der Waals surface area contributed by atoms with E-state index < -0.39 is 10.0 Å². The number of nitrogens with zero attached hydrogens (tertiary/aromatic N) is 1. The molecule has 1 N–H and O–H groups in total. The van der Waals surface area contributed by atoms with E-state index in [1.807, 2.05) is 19.0 Å². The summed E-state index contributed by atoms with van der Waals surface area (Å²) in [5.74, 6) is 0. The Morgan fingerprint density at radius 3 is 2.24 bits per heavy atom. The molecule has 1 aromatic rings. The van der Waals surface area contributed by atoms with Gasteiger partial charge in [0.25, 0.3) is 0 Å². The Bertz CT molecular complexity index is 469. The first-order valence-corrected chi connectivity index (χ1v) is 7.17. The van der Waals surface area contributed by atoms with Crippen LogP contribution in [-0.4, -0.2) is 40.5 Å². The van der Waals surface area contributed by atoms with E-state index in [2.05, 4.69) is 4.72 Å². The smallest absolute Gasteiger partial charge is 0.243 e. The van der Waals surface area contributed by atoms with Crippen molar-refractivity contribution in [3.8, 4) is 0 Å². The van der Waals surface area contributed by atoms with E-state index in [0.717, 1.165) is 0 Å². The molecule has 7 heteroatoms. The van der Waals surface area contributed by atoms with E-state index in [4.69, 9.17) is 23.2 Å². The zero-order valence-electron chi connectivity index (χ0n) is 9.57. The molecule has 0 aliphatic rings. The minimum atomic E-state index is -3.66. The van der Waals surface area contributed by atoms with Crippen LogP contribution in [0.2, 0.25) is 10.0 Å². The number of benzene rings is 1. The van der Waals surface area contributed by atoms with Crippen LogP contribution in [0.1, 0.15) is 0 Å². The molecule has 4 nitrogen and oxygen atoms in total. The molecule has 0 heterocycles. The van der Waals surface area contributed by atoms with Crippen molar-refractivity contribution in [1.29, 1.82) is 0 Å². The SMILES string of the molecule is CN(C)CCNS(=O)(=O)c1c(Cl)cccc1Cl. The van der Waals surface area contributed by atoms with Crippen LogP contribution in [0, 0.1) is 0 Å². The molecule has 0 aromatic heterocycles. The molecular weight excluding hydrogens is 283 g/mol. The summed E-state index contributed by atoms with van der Waals surface area (Å²) in [7, 11) is 0.0580. The maximum Gasteiger partial charge on any atom is 0.243 e. The van der Waals surface area contributed by atoms with Crippen LogP contribution >= 0.6 is 23.2 Å². The molecule has 0 radical (unpaired) electrons. The summed E-state index contributed by atoms with van der Waals surface area (Å²) >= 11 is 11.7. The predicted octanol–water partition coefficient (Wildman–Crippen LogP) is 1.83. The highest BCUT2D eigenvalue weighted by atomic mass is 35.5. The highest BCUT2D eigenvalue weighted by Gasteiger charge is 2.20. The van der Waals surface area contributed by atoms with Gasteiger partial charge in [-0.1, -0.05) is 29.3 Å². The van der Waals surface area contributed by atoms with Gasteiger partial charge >= 0.3 is 0 Å². The first-order valence-electron chi connectivity index (χ1n) is 4.93. The zero-order valence-corrected chi connectivity index (χ0v) is 11.9. The van der Waals surface area contributed by atoms with Gasteiger partial charge in [-0.05, 0) is 26.2 Å². The lowest BCUT2D eigenvalue weighted by molar-refractivity contribution is 0.412. The topological polar surface area (TPSA) is 49.4 Å². The normalized spacial score (nSPS) is 12.1. The van der Waals surface area contributed by atoms with Crippen LogP contribution in [-0.2, 0) is 10.0 Å². The second kappa shape index (κ2) is 6.02. The van der Waals surface area contributed by atoms with Gasteiger partial charge in [-0.25, -0.2) is 13.1 Å². The Kier molecular flexibility index (Phi) is 5.22. The molecule has 0 unspecified atom stereocenters. The Morgan fingerprint density at radius 1 is 1.24 bits per heavy atom. The van der Waals surface area contributed by atoms with Crippen LogP contribution in [0.4, 0.5) is 0 Å². The van der Waals surface area contributed by atoms with Crippen molar-refractivity contribution >= 4 is 33.2 Å². The number of nitrogens with one attached hydrogen (secondary N) is 1. The van der Waals surface area contributed by atoms with Gasteiger partial charge in [-0.2, -0.15) is 0 Å². The molecule has 0 aliphatic heterocycles. The van der Waals surface area contributed by atoms with Crippen molar-refractivity contribution in [2.75, 3.05) is 27.2 Å². The summed E-state index contributed by atoms with van der Waals surface area (Å²) in [4.78, 5) is 1.80. The van der Waals surface area contributed by atoms with E-state index in [-0.39, 0.29) is 14.9 Å². The van der Waals surface area contributed by atoms with Crippen molar-refractivity contribution in [1.82, 2.24) is 9.62 Å². The summed E-state index contributed by atoms with van der Waals surface area (Å²) in [5, 5.41) is 0.240. The molecule has 0 saturated heterocycles. The second-order valence-corrected chi connectivity index (χ2v) is 6.27. The number of hydrogen-bond acceptors (Lipinski definition) is 3. The number of rotatable bonds is 5. The quantitative estimate of drug-likeness (QED) is 0.902. The van der Waals surface area contributed by atoms with Crippen molar-refractivity contribution in [2.45, 2.75) is 4.90 Å². The molecule has 17 heavy (non-hydrogen) atoms. The summed E-state index contributed by atoms with van der Waals surface area (Å²) in [6.45, 7) is 0.901. The molecule has 1 rings (SSSR count). The van der Waals surface area contributed by atoms with E-state index in [0.29, 0.717) is 13.1 Å². The molecule has 0 saturated carbocycles. The van der Waals surface area contributed by atoms with Crippen molar-refractivity contribution in [3.05, 3.63) is 28.2 Å². The third kappa shape index (κ3) is 4.12.